The number of nitrogens with zero attached hydrogens (tertiary/aromatic N) is 1. The highest BCUT2D eigenvalue weighted by molar-refractivity contribution is 5.95. The number of hydrogen-bond donors (Lipinski definition) is 2. The Morgan fingerprint density at radius 2 is 1.63 bits per heavy atom. The van der Waals surface area contributed by atoms with Gasteiger partial charge >= 0.3 is 5.97 Å². The highest BCUT2D eigenvalue weighted by Crippen LogP contribution is 2.22. The lowest BCUT2D eigenvalue weighted by atomic mass is 10.1. The number of rotatable bonds is 8. The molecule has 0 bridgehead atoms. The summed E-state index contributed by atoms with van der Waals surface area (Å²) in [5, 5.41) is 16.1. The molecule has 2 amide bonds. The maximum absolute atomic E-state index is 12.0. The summed E-state index contributed by atoms with van der Waals surface area (Å²) >= 11 is 0. The van der Waals surface area contributed by atoms with Crippen LogP contribution in [0.25, 0.3) is 0 Å². The molecule has 9 nitrogen and oxygen atoms in total. The van der Waals surface area contributed by atoms with E-state index >= 15 is 0 Å². The summed E-state index contributed by atoms with van der Waals surface area (Å²) in [7, 11) is 0. The minimum absolute atomic E-state index is 0.0853. The molecule has 0 aliphatic rings. The number of carbonyl (C=O) groups is 3. The number of esters is 1. The Morgan fingerprint density at radius 3 is 2.33 bits per heavy atom. The average molecular weight is 413 g/mol. The molecule has 30 heavy (non-hydrogen) atoms. The number of amides is 2. The van der Waals surface area contributed by atoms with Gasteiger partial charge in [0.15, 0.2) is 6.61 Å². The molecule has 0 unspecified atom stereocenters. The van der Waals surface area contributed by atoms with Gasteiger partial charge in [0.05, 0.1) is 11.3 Å². The predicted octanol–water partition coefficient (Wildman–Crippen LogP) is 3.42. The van der Waals surface area contributed by atoms with Gasteiger partial charge in [-0.1, -0.05) is 18.2 Å². The van der Waals surface area contributed by atoms with Gasteiger partial charge in [0.25, 0.3) is 11.6 Å². The second-order valence-electron chi connectivity index (χ2n) is 6.83. The second-order valence-corrected chi connectivity index (χ2v) is 6.83. The number of hydrogen-bond acceptors (Lipinski definition) is 6. The lowest BCUT2D eigenvalue weighted by Crippen LogP contribution is -2.22. The van der Waals surface area contributed by atoms with Crippen LogP contribution in [0, 0.1) is 30.9 Å². The predicted molar refractivity (Wildman–Crippen MR) is 111 cm³/mol. The van der Waals surface area contributed by atoms with Crippen molar-refractivity contribution in [2.45, 2.75) is 33.6 Å². The molecule has 0 radical (unpaired) electrons. The standard InChI is InChI=1S/C21H23N3O6/c1-13-4-5-14(2)17(10-13)23-19(25)8-9-21(27)30-12-20(26)22-16-7-6-15(3)18(11-16)24(28)29/h4-7,10-11H,8-9,12H2,1-3H3,(H,22,26)(H,23,25). The first kappa shape index (κ1) is 22.5. The molecule has 158 valence electrons. The van der Waals surface area contributed by atoms with Crippen LogP contribution in [0.2, 0.25) is 0 Å². The summed E-state index contributed by atoms with van der Waals surface area (Å²) in [6.07, 6.45) is -0.266. The summed E-state index contributed by atoms with van der Waals surface area (Å²) in [5.41, 5.74) is 3.15. The Bertz CT molecular complexity index is 987. The van der Waals surface area contributed by atoms with E-state index in [-0.39, 0.29) is 30.1 Å². The molecule has 0 heterocycles. The molecule has 2 N–H and O–H groups in total. The number of nitro groups is 1. The van der Waals surface area contributed by atoms with Gasteiger partial charge in [-0.2, -0.15) is 0 Å². The fourth-order valence-corrected chi connectivity index (χ4v) is 2.60. The molecule has 0 atom stereocenters. The van der Waals surface area contributed by atoms with Crippen molar-refractivity contribution >= 4 is 34.8 Å². The fourth-order valence-electron chi connectivity index (χ4n) is 2.60. The maximum atomic E-state index is 12.0. The van der Waals surface area contributed by atoms with Crippen molar-refractivity contribution in [3.05, 3.63) is 63.2 Å². The molecule has 2 aromatic carbocycles. The molecule has 2 aromatic rings. The van der Waals surface area contributed by atoms with Crippen molar-refractivity contribution in [1.82, 2.24) is 0 Å². The molecule has 0 saturated heterocycles. The number of nitro benzene ring substituents is 1. The van der Waals surface area contributed by atoms with Crippen LogP contribution in [0.1, 0.15) is 29.5 Å². The van der Waals surface area contributed by atoms with Crippen molar-refractivity contribution in [1.29, 1.82) is 0 Å². The molecule has 2 rings (SSSR count). The molecule has 0 spiro atoms. The maximum Gasteiger partial charge on any atom is 0.306 e. The number of anilines is 2. The molecule has 0 saturated carbocycles. The van der Waals surface area contributed by atoms with E-state index in [4.69, 9.17) is 4.74 Å². The van der Waals surface area contributed by atoms with E-state index < -0.39 is 23.4 Å². The van der Waals surface area contributed by atoms with E-state index in [1.165, 1.54) is 18.2 Å². The Morgan fingerprint density at radius 1 is 0.933 bits per heavy atom. The van der Waals surface area contributed by atoms with Crippen LogP contribution in [-0.2, 0) is 19.1 Å². The van der Waals surface area contributed by atoms with Crippen LogP contribution in [0.4, 0.5) is 17.1 Å². The van der Waals surface area contributed by atoms with Gasteiger partial charge in [-0.25, -0.2) is 0 Å². The van der Waals surface area contributed by atoms with Crippen LogP contribution in [-0.4, -0.2) is 29.3 Å². The molecular weight excluding hydrogens is 390 g/mol. The average Bonchev–Trinajstić information content (AvgIpc) is 2.69. The minimum atomic E-state index is -0.698. The second kappa shape index (κ2) is 10.1. The summed E-state index contributed by atoms with van der Waals surface area (Å²) < 4.78 is 4.86. The third kappa shape index (κ3) is 6.69. The highest BCUT2D eigenvalue weighted by Gasteiger charge is 2.14. The van der Waals surface area contributed by atoms with E-state index in [1.807, 2.05) is 32.0 Å². The van der Waals surface area contributed by atoms with Crippen LogP contribution >= 0.6 is 0 Å². The zero-order valence-electron chi connectivity index (χ0n) is 17.0. The third-order valence-corrected chi connectivity index (χ3v) is 4.28. The Hall–Kier alpha value is -3.75. The van der Waals surface area contributed by atoms with E-state index in [9.17, 15) is 24.5 Å². The first-order valence-corrected chi connectivity index (χ1v) is 9.23. The van der Waals surface area contributed by atoms with Crippen LogP contribution in [0.5, 0.6) is 0 Å². The molecule has 0 fully saturated rings. The highest BCUT2D eigenvalue weighted by atomic mass is 16.6. The van der Waals surface area contributed by atoms with Crippen molar-refractivity contribution in [3.8, 4) is 0 Å². The van der Waals surface area contributed by atoms with E-state index in [0.717, 1.165) is 11.1 Å². The topological polar surface area (TPSA) is 128 Å². The van der Waals surface area contributed by atoms with Gasteiger partial charge in [-0.15, -0.1) is 0 Å². The number of carbonyl (C=O) groups excluding carboxylic acids is 3. The van der Waals surface area contributed by atoms with Crippen molar-refractivity contribution in [2.24, 2.45) is 0 Å². The number of aryl methyl sites for hydroxylation is 3. The lowest BCUT2D eigenvalue weighted by Gasteiger charge is -2.09. The Balaban J connectivity index is 1.77. The van der Waals surface area contributed by atoms with E-state index in [2.05, 4.69) is 10.6 Å². The number of ether oxygens (including phenoxy) is 1. The van der Waals surface area contributed by atoms with Gasteiger partial charge in [0.2, 0.25) is 5.91 Å². The Kier molecular flexibility index (Phi) is 7.62. The zero-order valence-corrected chi connectivity index (χ0v) is 17.0. The number of nitrogens with one attached hydrogen (secondary N) is 2. The van der Waals surface area contributed by atoms with Crippen molar-refractivity contribution < 1.29 is 24.0 Å². The van der Waals surface area contributed by atoms with Crippen LogP contribution in [0.15, 0.2) is 36.4 Å². The molecule has 9 heteroatoms. The summed E-state index contributed by atoms with van der Waals surface area (Å²) in [4.78, 5) is 46.1. The molecule has 0 aliphatic heterocycles. The zero-order chi connectivity index (χ0) is 22.3. The van der Waals surface area contributed by atoms with E-state index in [0.29, 0.717) is 11.3 Å². The minimum Gasteiger partial charge on any atom is -0.456 e. The van der Waals surface area contributed by atoms with Crippen molar-refractivity contribution in [2.75, 3.05) is 17.2 Å². The SMILES string of the molecule is Cc1ccc(C)c(NC(=O)CCC(=O)OCC(=O)Nc2ccc(C)c([N+](=O)[O-])c2)c1. The largest absolute Gasteiger partial charge is 0.456 e. The van der Waals surface area contributed by atoms with Gasteiger partial charge in [-0.05, 0) is 44.0 Å². The van der Waals surface area contributed by atoms with Gasteiger partial charge in [-0.3, -0.25) is 24.5 Å². The van der Waals surface area contributed by atoms with Crippen LogP contribution in [0.3, 0.4) is 0 Å². The monoisotopic (exact) mass is 413 g/mol. The normalized spacial score (nSPS) is 10.2. The first-order chi connectivity index (χ1) is 14.2. The van der Waals surface area contributed by atoms with Crippen LogP contribution < -0.4 is 10.6 Å². The summed E-state index contributed by atoms with van der Waals surface area (Å²) in [6, 6.07) is 9.91. The molecular formula is C21H23N3O6. The van der Waals surface area contributed by atoms with Gasteiger partial charge < -0.3 is 15.4 Å². The summed E-state index contributed by atoms with van der Waals surface area (Å²) in [6.45, 7) is 4.80. The van der Waals surface area contributed by atoms with Crippen molar-refractivity contribution in [3.63, 3.8) is 0 Å². The quantitative estimate of drug-likeness (QED) is 0.388. The summed E-state index contributed by atoms with van der Waals surface area (Å²) in [5.74, 6) is -1.67. The smallest absolute Gasteiger partial charge is 0.306 e. The number of benzene rings is 2. The Labute approximate surface area is 173 Å². The lowest BCUT2D eigenvalue weighted by molar-refractivity contribution is -0.385. The van der Waals surface area contributed by atoms with E-state index in [1.54, 1.807) is 6.92 Å². The van der Waals surface area contributed by atoms with Gasteiger partial charge in [0.1, 0.15) is 0 Å². The molecule has 0 aromatic heterocycles. The van der Waals surface area contributed by atoms with Gasteiger partial charge in [0, 0.05) is 29.4 Å². The third-order valence-electron chi connectivity index (χ3n) is 4.28. The molecule has 0 aliphatic carbocycles. The first-order valence-electron chi connectivity index (χ1n) is 9.23. The fraction of sp³-hybridized carbons (Fsp3) is 0.286.